The Morgan fingerprint density at radius 2 is 1.81 bits per heavy atom. The summed E-state index contributed by atoms with van der Waals surface area (Å²) in [4.78, 5) is 68.6. The average molecular weight is 735 g/mol. The van der Waals surface area contributed by atoms with Gasteiger partial charge in [0.15, 0.2) is 0 Å². The summed E-state index contributed by atoms with van der Waals surface area (Å²) in [5.74, 6) is 0.268. The molecule has 1 aromatic carbocycles. The molecule has 2 atom stereocenters. The van der Waals surface area contributed by atoms with Crippen molar-refractivity contribution in [3.8, 4) is 0 Å². The zero-order valence-electron chi connectivity index (χ0n) is 30.8. The molecule has 3 amide bonds. The first-order chi connectivity index (χ1) is 26.2. The number of piperidine rings is 1. The minimum Gasteiger partial charge on any atom is -0.383 e. The highest BCUT2D eigenvalue weighted by Gasteiger charge is 2.33. The number of aromatic nitrogens is 6. The highest BCUT2D eigenvalue weighted by atomic mass is 16.2. The molecule has 16 heteroatoms. The predicted octanol–water partition coefficient (Wildman–Crippen LogP) is 3.30. The molecule has 16 nitrogen and oxygen atoms in total. The average Bonchev–Trinajstić information content (AvgIpc) is 3.98. The number of rotatable bonds is 11. The number of aryl methyl sites for hydroxylation is 1. The second-order valence-corrected chi connectivity index (χ2v) is 14.7. The zero-order valence-corrected chi connectivity index (χ0v) is 30.8. The maximum absolute atomic E-state index is 13.4. The summed E-state index contributed by atoms with van der Waals surface area (Å²) in [7, 11) is 5.27. The number of nitrogens with one attached hydrogen (secondary N) is 4. The van der Waals surface area contributed by atoms with Crippen LogP contribution in [0, 0.1) is 0 Å². The van der Waals surface area contributed by atoms with Crippen molar-refractivity contribution in [3.63, 3.8) is 0 Å². The summed E-state index contributed by atoms with van der Waals surface area (Å²) < 4.78 is 5.24. The van der Waals surface area contributed by atoms with Gasteiger partial charge in [-0.3, -0.25) is 28.8 Å². The van der Waals surface area contributed by atoms with E-state index in [9.17, 15) is 19.2 Å². The van der Waals surface area contributed by atoms with E-state index in [0.29, 0.717) is 35.9 Å². The molecule has 4 aromatic heterocycles. The molecular formula is C38H46N12O4. The molecular weight excluding hydrogens is 688 g/mol. The van der Waals surface area contributed by atoms with Gasteiger partial charge in [0.1, 0.15) is 23.2 Å². The normalized spacial score (nSPS) is 19.2. The van der Waals surface area contributed by atoms with Crippen LogP contribution in [-0.2, 0) is 16.6 Å². The molecule has 2 saturated heterocycles. The summed E-state index contributed by atoms with van der Waals surface area (Å²) in [6, 6.07) is 11.4. The van der Waals surface area contributed by atoms with Crippen molar-refractivity contribution >= 4 is 62.9 Å². The van der Waals surface area contributed by atoms with Crippen molar-refractivity contribution in [2.45, 2.75) is 63.1 Å². The Bertz CT molecular complexity index is 2290. The lowest BCUT2D eigenvalue weighted by Crippen LogP contribution is -2.44. The number of imide groups is 1. The summed E-state index contributed by atoms with van der Waals surface area (Å²) in [6.45, 7) is 3.07. The topological polar surface area (TPSA) is 176 Å². The van der Waals surface area contributed by atoms with Crippen LogP contribution in [0.3, 0.4) is 0 Å². The SMILES string of the molecule is CN(C)C(=O)c1cc2cnc(Nc3ccc(NCCN[C@@H]4CCN(c5cccc6c5n(C)c(=O)n6[C@H]5CCC(=O)NC5=O)C4)cn3)nc2n1C1CCCC1. The summed E-state index contributed by atoms with van der Waals surface area (Å²) >= 11 is 0. The Balaban J connectivity index is 0.862. The first-order valence-corrected chi connectivity index (χ1v) is 18.7. The number of amides is 3. The largest absolute Gasteiger partial charge is 0.383 e. The number of carbonyl (C=O) groups excluding carboxylic acids is 3. The fourth-order valence-electron chi connectivity index (χ4n) is 8.21. The van der Waals surface area contributed by atoms with E-state index in [0.717, 1.165) is 79.7 Å². The quantitative estimate of drug-likeness (QED) is 0.116. The van der Waals surface area contributed by atoms with E-state index in [2.05, 4.69) is 40.7 Å². The molecule has 3 fully saturated rings. The van der Waals surface area contributed by atoms with Gasteiger partial charge in [0.2, 0.25) is 17.8 Å². The van der Waals surface area contributed by atoms with Gasteiger partial charge in [-0.1, -0.05) is 18.9 Å². The van der Waals surface area contributed by atoms with Gasteiger partial charge in [-0.2, -0.15) is 4.98 Å². The van der Waals surface area contributed by atoms with Crippen molar-refractivity contribution in [2.75, 3.05) is 55.8 Å². The zero-order chi connectivity index (χ0) is 37.5. The monoisotopic (exact) mass is 734 g/mol. The molecule has 4 N–H and O–H groups in total. The lowest BCUT2D eigenvalue weighted by molar-refractivity contribution is -0.135. The Kier molecular flexibility index (Phi) is 9.52. The van der Waals surface area contributed by atoms with Gasteiger partial charge in [-0.05, 0) is 56.0 Å². The van der Waals surface area contributed by atoms with E-state index in [1.165, 1.54) is 4.57 Å². The molecule has 2 aliphatic heterocycles. The first-order valence-electron chi connectivity index (χ1n) is 18.7. The lowest BCUT2D eigenvalue weighted by Gasteiger charge is -2.23. The predicted molar refractivity (Wildman–Crippen MR) is 206 cm³/mol. The second-order valence-electron chi connectivity index (χ2n) is 14.7. The summed E-state index contributed by atoms with van der Waals surface area (Å²) in [5, 5.41) is 13.5. The molecule has 1 saturated carbocycles. The van der Waals surface area contributed by atoms with Gasteiger partial charge < -0.3 is 30.3 Å². The van der Waals surface area contributed by atoms with Gasteiger partial charge >= 0.3 is 5.69 Å². The molecule has 0 spiro atoms. The smallest absolute Gasteiger partial charge is 0.329 e. The third kappa shape index (κ3) is 6.65. The van der Waals surface area contributed by atoms with Crippen LogP contribution < -0.4 is 31.9 Å². The van der Waals surface area contributed by atoms with Crippen molar-refractivity contribution < 1.29 is 14.4 Å². The van der Waals surface area contributed by atoms with Crippen LogP contribution in [-0.4, -0.2) is 97.6 Å². The van der Waals surface area contributed by atoms with E-state index < -0.39 is 11.9 Å². The van der Waals surface area contributed by atoms with E-state index in [-0.39, 0.29) is 36.0 Å². The lowest BCUT2D eigenvalue weighted by atomic mass is 10.1. The Labute approximate surface area is 311 Å². The maximum atomic E-state index is 13.4. The molecule has 1 aliphatic carbocycles. The number of para-hydroxylation sites is 1. The Morgan fingerprint density at radius 1 is 0.981 bits per heavy atom. The highest BCUT2D eigenvalue weighted by molar-refractivity contribution is 6.01. The van der Waals surface area contributed by atoms with Crippen molar-refractivity contribution in [2.24, 2.45) is 7.05 Å². The number of pyridine rings is 1. The molecule has 282 valence electrons. The van der Waals surface area contributed by atoms with E-state index in [4.69, 9.17) is 4.98 Å². The van der Waals surface area contributed by atoms with Crippen molar-refractivity contribution in [1.82, 2.24) is 44.2 Å². The molecule has 0 bridgehead atoms. The third-order valence-electron chi connectivity index (χ3n) is 10.9. The van der Waals surface area contributed by atoms with E-state index >= 15 is 0 Å². The fraction of sp³-hybridized carbons (Fsp3) is 0.447. The van der Waals surface area contributed by atoms with Gasteiger partial charge in [0.25, 0.3) is 5.91 Å². The fourth-order valence-corrected chi connectivity index (χ4v) is 8.21. The number of hydrogen-bond donors (Lipinski definition) is 4. The maximum Gasteiger partial charge on any atom is 0.329 e. The van der Waals surface area contributed by atoms with E-state index in [1.807, 2.05) is 36.4 Å². The summed E-state index contributed by atoms with van der Waals surface area (Å²) in [6.07, 6.45) is 9.34. The van der Waals surface area contributed by atoms with Gasteiger partial charge in [-0.15, -0.1) is 0 Å². The van der Waals surface area contributed by atoms with Gasteiger partial charge in [0.05, 0.1) is 28.6 Å². The van der Waals surface area contributed by atoms with Crippen LogP contribution in [0.2, 0.25) is 0 Å². The molecule has 5 aromatic rings. The highest BCUT2D eigenvalue weighted by Crippen LogP contribution is 2.35. The van der Waals surface area contributed by atoms with Crippen LogP contribution >= 0.6 is 0 Å². The van der Waals surface area contributed by atoms with Crippen LogP contribution in [0.25, 0.3) is 22.1 Å². The van der Waals surface area contributed by atoms with Crippen molar-refractivity contribution in [1.29, 1.82) is 0 Å². The molecule has 3 aliphatic rings. The van der Waals surface area contributed by atoms with Crippen molar-refractivity contribution in [3.05, 3.63) is 65.0 Å². The molecule has 8 rings (SSSR count). The molecule has 0 unspecified atom stereocenters. The molecule has 54 heavy (non-hydrogen) atoms. The third-order valence-corrected chi connectivity index (χ3v) is 10.9. The minimum absolute atomic E-state index is 0.0389. The van der Waals surface area contributed by atoms with Gasteiger partial charge in [0, 0.05) is 77.4 Å². The van der Waals surface area contributed by atoms with Crippen LogP contribution in [0.1, 0.15) is 67.5 Å². The van der Waals surface area contributed by atoms with Crippen LogP contribution in [0.4, 0.5) is 23.1 Å². The Hall–Kier alpha value is -5.77. The number of anilines is 4. The second kappa shape index (κ2) is 14.6. The number of nitrogens with zero attached hydrogens (tertiary/aromatic N) is 8. The summed E-state index contributed by atoms with van der Waals surface area (Å²) in [5.41, 5.74) is 4.47. The molecule has 6 heterocycles. The minimum atomic E-state index is -0.711. The standard InChI is InChI=1S/C38H46N12O4/c1-46(2)36(53)30-19-23-20-42-37(45-34(23)49(30)26-7-4-5-8-26)43-31-13-11-24(21-41-31)39-16-17-40-25-15-18-48(22-25)27-9-6-10-28-33(27)47(3)38(54)50(28)29-12-14-32(51)44-35(29)52/h6,9-11,13,19-21,25-26,29,39-40H,4-5,7-8,12,14-18,22H2,1-3H3,(H,44,51,52)(H,41,42,43,45)/t25-,29+/m1/s1. The van der Waals surface area contributed by atoms with E-state index in [1.54, 1.807) is 43.0 Å². The number of fused-ring (bicyclic) bond motifs is 2. The number of imidazole rings is 1. The Morgan fingerprint density at radius 3 is 2.57 bits per heavy atom. The number of hydrogen-bond acceptors (Lipinski definition) is 11. The number of benzene rings is 1. The molecule has 0 radical (unpaired) electrons. The first kappa shape index (κ1) is 35.3. The van der Waals surface area contributed by atoms with Crippen LogP contribution in [0.5, 0.6) is 0 Å². The van der Waals surface area contributed by atoms with Gasteiger partial charge in [-0.25, -0.2) is 14.8 Å². The number of carbonyl (C=O) groups is 3. The van der Waals surface area contributed by atoms with Crippen LogP contribution in [0.15, 0.2) is 53.6 Å².